The van der Waals surface area contributed by atoms with Gasteiger partial charge in [-0.15, -0.1) is 11.4 Å². The summed E-state index contributed by atoms with van der Waals surface area (Å²) >= 11 is 0. The quantitative estimate of drug-likeness (QED) is 0.609. The Morgan fingerprint density at radius 1 is 0.826 bits per heavy atom. The van der Waals surface area contributed by atoms with Gasteiger partial charge in [0.05, 0.1) is 0 Å². The van der Waals surface area contributed by atoms with Gasteiger partial charge in [0.2, 0.25) is 0 Å². The molecule has 0 aliphatic heterocycles. The molecule has 5 heteroatoms. The summed E-state index contributed by atoms with van der Waals surface area (Å²) in [6.07, 6.45) is 1.97. The molecule has 0 atom stereocenters. The van der Waals surface area contributed by atoms with Crippen LogP contribution in [-0.4, -0.2) is 23.1 Å². The van der Waals surface area contributed by atoms with Gasteiger partial charge in [-0.05, 0) is 0 Å². The molecular formula is C18H32N4Zr. The van der Waals surface area contributed by atoms with Gasteiger partial charge in [-0.25, -0.2) is 0 Å². The molecule has 0 aliphatic rings. The zero-order valence-corrected chi connectivity index (χ0v) is 18.0. The molecule has 0 saturated heterocycles. The molecule has 2 aromatic heterocycles. The van der Waals surface area contributed by atoms with E-state index in [1.54, 1.807) is 0 Å². The van der Waals surface area contributed by atoms with Crippen LogP contribution in [0.2, 0.25) is 0 Å². The fraction of sp³-hybridized carbons (Fsp3) is 0.556. The maximum atomic E-state index is 6.45. The number of hydrogen-bond donors (Lipinski definition) is 0. The van der Waals surface area contributed by atoms with Crippen LogP contribution in [0.1, 0.15) is 49.5 Å². The Balaban J connectivity index is -0.000000238. The molecule has 0 bridgehead atoms. The number of nitrogens with zero attached hydrogens (tertiary/aromatic N) is 2. The Morgan fingerprint density at radius 2 is 1.09 bits per heavy atom. The Bertz CT molecular complexity index is 370. The summed E-state index contributed by atoms with van der Waals surface area (Å²) in [6, 6.07) is 8.04. The zero-order valence-electron chi connectivity index (χ0n) is 15.5. The summed E-state index contributed by atoms with van der Waals surface area (Å²) in [7, 11) is 0. The Kier molecular flexibility index (Phi) is 23.0. The van der Waals surface area contributed by atoms with E-state index in [1.807, 2.05) is 65.8 Å². The summed E-state index contributed by atoms with van der Waals surface area (Å²) in [5.41, 5.74) is 17.3. The van der Waals surface area contributed by atoms with Crippen LogP contribution in [-0.2, 0) is 26.2 Å². The van der Waals surface area contributed by atoms with Gasteiger partial charge in [-0.2, -0.15) is 37.4 Å². The molecule has 2 heterocycles. The number of nitrogens with one attached hydrogen (secondary N) is 2. The van der Waals surface area contributed by atoms with Crippen molar-refractivity contribution in [2.75, 3.05) is 13.1 Å². The van der Waals surface area contributed by atoms with E-state index in [4.69, 9.17) is 11.5 Å². The van der Waals surface area contributed by atoms with Gasteiger partial charge in [-0.3, -0.25) is 0 Å². The smallest absolute Gasteiger partial charge is 0.677 e. The molecule has 2 rings (SSSR count). The molecule has 0 saturated carbocycles. The van der Waals surface area contributed by atoms with Crippen molar-refractivity contribution in [1.82, 2.24) is 9.97 Å². The van der Waals surface area contributed by atoms with Gasteiger partial charge in [0.25, 0.3) is 0 Å². The van der Waals surface area contributed by atoms with Crippen molar-refractivity contribution in [1.29, 1.82) is 0 Å². The summed E-state index contributed by atoms with van der Waals surface area (Å²) in [5, 5.41) is 0. The van der Waals surface area contributed by atoms with E-state index in [1.165, 1.54) is 0 Å². The maximum Gasteiger partial charge on any atom is 4.00 e. The maximum absolute atomic E-state index is 6.45. The van der Waals surface area contributed by atoms with Gasteiger partial charge in [0.15, 0.2) is 0 Å². The van der Waals surface area contributed by atoms with Crippen LogP contribution in [0, 0.1) is 27.7 Å². The first-order valence-corrected chi connectivity index (χ1v) is 7.84. The van der Waals surface area contributed by atoms with Crippen molar-refractivity contribution in [2.24, 2.45) is 0 Å². The third-order valence-electron chi connectivity index (χ3n) is 2.34. The molecule has 2 aromatic rings. The van der Waals surface area contributed by atoms with E-state index in [9.17, 15) is 0 Å². The third kappa shape index (κ3) is 21.4. The standard InChI is InChI=1S/2C6H8N.2C3H8N.Zr/c2*1-5-3-4-6(2)7-5;2*1-2-3-4;/h2*3-4H,1-2H3;2*4H,2-3H2,1H3;/q4*-1;+4. The van der Waals surface area contributed by atoms with Gasteiger partial charge >= 0.3 is 26.2 Å². The molecule has 23 heavy (non-hydrogen) atoms. The van der Waals surface area contributed by atoms with Crippen LogP contribution in [0.15, 0.2) is 24.3 Å². The molecule has 0 spiro atoms. The number of rotatable bonds is 2. The van der Waals surface area contributed by atoms with Gasteiger partial charge in [0.1, 0.15) is 0 Å². The molecule has 0 aromatic carbocycles. The van der Waals surface area contributed by atoms with E-state index in [-0.39, 0.29) is 26.2 Å². The fourth-order valence-corrected chi connectivity index (χ4v) is 1.19. The zero-order chi connectivity index (χ0) is 17.4. The van der Waals surface area contributed by atoms with Crippen molar-refractivity contribution >= 4 is 0 Å². The molecule has 0 unspecified atom stereocenters. The molecular weight excluding hydrogens is 363 g/mol. The van der Waals surface area contributed by atoms with Gasteiger partial charge in [0, 0.05) is 0 Å². The van der Waals surface area contributed by atoms with Crippen LogP contribution in [0.4, 0.5) is 0 Å². The van der Waals surface area contributed by atoms with Crippen molar-refractivity contribution < 1.29 is 26.2 Å². The minimum Gasteiger partial charge on any atom is -0.677 e. The van der Waals surface area contributed by atoms with E-state index in [2.05, 4.69) is 9.97 Å². The number of aromatic nitrogens is 2. The van der Waals surface area contributed by atoms with E-state index >= 15 is 0 Å². The summed E-state index contributed by atoms with van der Waals surface area (Å²) < 4.78 is 0. The molecule has 0 fully saturated rings. The normalized spacial score (nSPS) is 8.35. The predicted octanol–water partition coefficient (Wildman–Crippen LogP) is 5.73. The third-order valence-corrected chi connectivity index (χ3v) is 2.34. The van der Waals surface area contributed by atoms with Crippen LogP contribution in [0.3, 0.4) is 0 Å². The number of aryl methyl sites for hydroxylation is 4. The van der Waals surface area contributed by atoms with Crippen LogP contribution in [0.25, 0.3) is 11.5 Å². The molecule has 128 valence electrons. The monoisotopic (exact) mass is 394 g/mol. The van der Waals surface area contributed by atoms with Gasteiger partial charge in [-0.1, -0.05) is 65.8 Å². The Morgan fingerprint density at radius 3 is 1.13 bits per heavy atom. The van der Waals surface area contributed by atoms with Crippen molar-refractivity contribution in [3.05, 3.63) is 58.5 Å². The molecule has 2 N–H and O–H groups in total. The van der Waals surface area contributed by atoms with E-state index in [0.717, 1.165) is 35.6 Å². The molecule has 0 radical (unpaired) electrons. The summed E-state index contributed by atoms with van der Waals surface area (Å²) in [5.74, 6) is 0. The van der Waals surface area contributed by atoms with Crippen molar-refractivity contribution in [2.45, 2.75) is 54.4 Å². The van der Waals surface area contributed by atoms with Crippen LogP contribution < -0.4 is 0 Å². The predicted molar refractivity (Wildman–Crippen MR) is 97.6 cm³/mol. The molecule has 0 aliphatic carbocycles. The fourth-order valence-electron chi connectivity index (χ4n) is 1.19. The van der Waals surface area contributed by atoms with Crippen LogP contribution >= 0.6 is 0 Å². The Hall–Kier alpha value is -0.637. The first-order valence-electron chi connectivity index (χ1n) is 7.84. The first kappa shape index (κ1) is 27.2. The second-order valence-corrected chi connectivity index (χ2v) is 4.96. The van der Waals surface area contributed by atoms with Gasteiger partial charge < -0.3 is 21.4 Å². The summed E-state index contributed by atoms with van der Waals surface area (Å²) in [4.78, 5) is 8.22. The SMILES string of the molecule is CCC[NH-].CCC[NH-].Cc1cc[c-](C)n1.Cc1cc[c-](C)n1.[Zr+4]. The summed E-state index contributed by atoms with van der Waals surface area (Å²) in [6.45, 7) is 13.1. The first-order chi connectivity index (χ1) is 10.4. The average molecular weight is 396 g/mol. The van der Waals surface area contributed by atoms with E-state index < -0.39 is 0 Å². The second-order valence-electron chi connectivity index (χ2n) is 4.96. The van der Waals surface area contributed by atoms with E-state index in [0.29, 0.717) is 13.1 Å². The van der Waals surface area contributed by atoms with Crippen molar-refractivity contribution in [3.8, 4) is 0 Å². The molecule has 4 nitrogen and oxygen atoms in total. The topological polar surface area (TPSA) is 73.4 Å². The minimum absolute atomic E-state index is 0. The average Bonchev–Trinajstić information content (AvgIpc) is 3.07. The number of hydrogen-bond acceptors (Lipinski definition) is 2. The largest absolute Gasteiger partial charge is 4.00 e. The Labute approximate surface area is 162 Å². The minimum atomic E-state index is 0. The second kappa shape index (κ2) is 19.4. The van der Waals surface area contributed by atoms with Crippen molar-refractivity contribution in [3.63, 3.8) is 0 Å². The molecule has 0 amide bonds. The van der Waals surface area contributed by atoms with Crippen LogP contribution in [0.5, 0.6) is 0 Å².